The van der Waals surface area contributed by atoms with Gasteiger partial charge in [0.2, 0.25) is 11.6 Å². The number of para-hydroxylation sites is 1. The lowest BCUT2D eigenvalue weighted by atomic mass is 9.90. The predicted molar refractivity (Wildman–Crippen MR) is 114 cm³/mol. The molecule has 6 rings (SSSR count). The van der Waals surface area contributed by atoms with E-state index in [2.05, 4.69) is 23.2 Å². The van der Waals surface area contributed by atoms with Gasteiger partial charge in [0.25, 0.3) is 0 Å². The zero-order valence-corrected chi connectivity index (χ0v) is 17.5. The van der Waals surface area contributed by atoms with Crippen molar-refractivity contribution in [3.8, 4) is 17.2 Å². The zero-order valence-electron chi connectivity index (χ0n) is 17.5. The first-order chi connectivity index (χ1) is 15.1. The summed E-state index contributed by atoms with van der Waals surface area (Å²) in [7, 11) is 0. The van der Waals surface area contributed by atoms with Crippen LogP contribution in [0.3, 0.4) is 0 Å². The van der Waals surface area contributed by atoms with Gasteiger partial charge in [0, 0.05) is 50.4 Å². The van der Waals surface area contributed by atoms with Crippen LogP contribution in [0.5, 0.6) is 17.2 Å². The minimum atomic E-state index is -0.527. The highest BCUT2D eigenvalue weighted by Crippen LogP contribution is 2.50. The average Bonchev–Trinajstić information content (AvgIpc) is 3.26. The number of rotatable bonds is 1. The Morgan fingerprint density at radius 2 is 1.81 bits per heavy atom. The maximum atomic E-state index is 11.9. The lowest BCUT2D eigenvalue weighted by Gasteiger charge is -2.51. The quantitative estimate of drug-likeness (QED) is 0.710. The van der Waals surface area contributed by atoms with Gasteiger partial charge in [-0.05, 0) is 24.3 Å². The number of fused-ring (bicyclic) bond motifs is 5. The van der Waals surface area contributed by atoms with Gasteiger partial charge in [-0.3, -0.25) is 4.79 Å². The molecule has 0 radical (unpaired) electrons. The van der Waals surface area contributed by atoms with Crippen LogP contribution in [0.1, 0.15) is 43.4 Å². The van der Waals surface area contributed by atoms with Crippen LogP contribution in [0.25, 0.3) is 0 Å². The number of hydrazone groups is 1. The van der Waals surface area contributed by atoms with Crippen molar-refractivity contribution >= 4 is 11.6 Å². The Kier molecular flexibility index (Phi) is 4.13. The van der Waals surface area contributed by atoms with E-state index in [9.17, 15) is 4.79 Å². The van der Waals surface area contributed by atoms with Crippen molar-refractivity contribution in [2.45, 2.75) is 38.0 Å². The van der Waals surface area contributed by atoms with Gasteiger partial charge < -0.3 is 19.1 Å². The standard InChI is InChI=1S/C24H25N3O4/c1-16(28)26-10-8-24(9-11-26)27-20(18-4-2-3-5-21(18)31-24)15-19(25-27)17-6-7-22-23(14-17)30-13-12-29-22/h2-7,14,20H,8-13,15H2,1H3. The van der Waals surface area contributed by atoms with Gasteiger partial charge in [-0.1, -0.05) is 18.2 Å². The molecule has 31 heavy (non-hydrogen) atoms. The maximum absolute atomic E-state index is 11.9. The van der Waals surface area contributed by atoms with E-state index in [0.717, 1.165) is 47.8 Å². The Hall–Kier alpha value is -3.22. The van der Waals surface area contributed by atoms with Crippen molar-refractivity contribution in [2.75, 3.05) is 26.3 Å². The molecule has 0 bridgehead atoms. The van der Waals surface area contributed by atoms with Crippen molar-refractivity contribution in [3.05, 3.63) is 53.6 Å². The Balaban J connectivity index is 1.38. The number of ether oxygens (including phenoxy) is 3. The topological polar surface area (TPSA) is 63.6 Å². The van der Waals surface area contributed by atoms with E-state index in [1.54, 1.807) is 6.92 Å². The number of hydrogen-bond donors (Lipinski definition) is 0. The van der Waals surface area contributed by atoms with Crippen molar-refractivity contribution in [3.63, 3.8) is 0 Å². The normalized spacial score (nSPS) is 23.0. The largest absolute Gasteiger partial charge is 0.486 e. The summed E-state index contributed by atoms with van der Waals surface area (Å²) in [5.41, 5.74) is 2.71. The van der Waals surface area contributed by atoms with Gasteiger partial charge in [-0.25, -0.2) is 5.01 Å². The third-order valence-corrected chi connectivity index (χ3v) is 6.77. The molecule has 7 nitrogen and oxygen atoms in total. The molecule has 0 aromatic heterocycles. The van der Waals surface area contributed by atoms with E-state index in [-0.39, 0.29) is 11.9 Å². The third-order valence-electron chi connectivity index (χ3n) is 6.77. The summed E-state index contributed by atoms with van der Waals surface area (Å²) in [6.45, 7) is 4.13. The van der Waals surface area contributed by atoms with Crippen molar-refractivity contribution in [1.29, 1.82) is 0 Å². The van der Waals surface area contributed by atoms with E-state index >= 15 is 0 Å². The summed E-state index contributed by atoms with van der Waals surface area (Å²) >= 11 is 0. The Bertz CT molecular complexity index is 1070. The van der Waals surface area contributed by atoms with Gasteiger partial charge in [0.05, 0.1) is 11.8 Å². The van der Waals surface area contributed by atoms with Crippen molar-refractivity contribution in [1.82, 2.24) is 9.91 Å². The smallest absolute Gasteiger partial charge is 0.219 e. The fraction of sp³-hybridized carbons (Fsp3) is 0.417. The minimum Gasteiger partial charge on any atom is -0.486 e. The van der Waals surface area contributed by atoms with E-state index < -0.39 is 5.72 Å². The number of carbonyl (C=O) groups is 1. The van der Waals surface area contributed by atoms with Gasteiger partial charge in [0.15, 0.2) is 11.5 Å². The predicted octanol–water partition coefficient (Wildman–Crippen LogP) is 3.34. The highest BCUT2D eigenvalue weighted by Gasteiger charge is 2.52. The van der Waals surface area contributed by atoms with Crippen LogP contribution in [-0.2, 0) is 4.79 Å². The monoisotopic (exact) mass is 419 g/mol. The van der Waals surface area contributed by atoms with E-state index in [1.165, 1.54) is 5.56 Å². The second kappa shape index (κ2) is 6.90. The highest BCUT2D eigenvalue weighted by atomic mass is 16.6. The Morgan fingerprint density at radius 3 is 2.61 bits per heavy atom. The zero-order chi connectivity index (χ0) is 21.0. The minimum absolute atomic E-state index is 0.115. The van der Waals surface area contributed by atoms with Crippen molar-refractivity contribution in [2.24, 2.45) is 5.10 Å². The molecule has 1 unspecified atom stereocenters. The summed E-state index contributed by atoms with van der Waals surface area (Å²) in [4.78, 5) is 13.8. The SMILES string of the molecule is CC(=O)N1CCC2(CC1)Oc1ccccc1C1CC(c3ccc4c(c3)OCCO4)=NN12. The van der Waals surface area contributed by atoms with E-state index in [4.69, 9.17) is 19.3 Å². The van der Waals surface area contributed by atoms with Gasteiger partial charge >= 0.3 is 0 Å². The first-order valence-corrected chi connectivity index (χ1v) is 10.9. The summed E-state index contributed by atoms with van der Waals surface area (Å²) in [6, 6.07) is 14.4. The fourth-order valence-electron chi connectivity index (χ4n) is 5.13. The first-order valence-electron chi connectivity index (χ1n) is 10.9. The van der Waals surface area contributed by atoms with Crippen LogP contribution in [0.4, 0.5) is 0 Å². The number of nitrogens with zero attached hydrogens (tertiary/aromatic N) is 3. The molecule has 160 valence electrons. The Labute approximate surface area is 181 Å². The third kappa shape index (κ3) is 2.94. The number of amides is 1. The molecule has 7 heteroatoms. The number of piperidine rings is 1. The molecule has 2 aromatic carbocycles. The van der Waals surface area contributed by atoms with Crippen LogP contribution >= 0.6 is 0 Å². The summed E-state index contributed by atoms with van der Waals surface area (Å²) < 4.78 is 18.1. The van der Waals surface area contributed by atoms with Crippen LogP contribution in [0.2, 0.25) is 0 Å². The molecule has 1 atom stereocenters. The molecular formula is C24H25N3O4. The molecule has 0 N–H and O–H groups in total. The first kappa shape index (κ1) is 18.5. The molecule has 4 aliphatic heterocycles. The molecular weight excluding hydrogens is 394 g/mol. The van der Waals surface area contributed by atoms with Crippen molar-refractivity contribution < 1.29 is 19.0 Å². The lowest BCUT2D eigenvalue weighted by Crippen LogP contribution is -2.59. The van der Waals surface area contributed by atoms with Gasteiger partial charge in [-0.15, -0.1) is 0 Å². The molecule has 1 saturated heterocycles. The molecule has 2 aromatic rings. The fourth-order valence-corrected chi connectivity index (χ4v) is 5.13. The summed E-state index contributed by atoms with van der Waals surface area (Å²) in [5, 5.41) is 7.27. The maximum Gasteiger partial charge on any atom is 0.219 e. The van der Waals surface area contributed by atoms with Crippen LogP contribution in [-0.4, -0.2) is 53.6 Å². The van der Waals surface area contributed by atoms with Crippen LogP contribution in [0, 0.1) is 0 Å². The molecule has 4 aliphatic rings. The lowest BCUT2D eigenvalue weighted by molar-refractivity contribution is -0.158. The summed E-state index contributed by atoms with van der Waals surface area (Å²) in [6.07, 6.45) is 2.27. The average molecular weight is 419 g/mol. The van der Waals surface area contributed by atoms with E-state index in [0.29, 0.717) is 26.3 Å². The molecule has 1 amide bonds. The van der Waals surface area contributed by atoms with Crippen LogP contribution < -0.4 is 14.2 Å². The molecule has 1 spiro atoms. The summed E-state index contributed by atoms with van der Waals surface area (Å²) in [5.74, 6) is 2.61. The molecule has 4 heterocycles. The number of likely N-dealkylation sites (tertiary alicyclic amines) is 1. The second-order valence-corrected chi connectivity index (χ2v) is 8.56. The molecule has 1 fully saturated rings. The Morgan fingerprint density at radius 1 is 1.03 bits per heavy atom. The molecule has 0 saturated carbocycles. The number of benzene rings is 2. The van der Waals surface area contributed by atoms with Gasteiger partial charge in [0.1, 0.15) is 19.0 Å². The van der Waals surface area contributed by atoms with Crippen LogP contribution in [0.15, 0.2) is 47.6 Å². The van der Waals surface area contributed by atoms with Gasteiger partial charge in [-0.2, -0.15) is 5.10 Å². The second-order valence-electron chi connectivity index (χ2n) is 8.56. The highest BCUT2D eigenvalue weighted by molar-refractivity contribution is 6.02. The number of carbonyl (C=O) groups excluding carboxylic acids is 1. The van der Waals surface area contributed by atoms with E-state index in [1.807, 2.05) is 29.2 Å². The number of hydrogen-bond acceptors (Lipinski definition) is 6. The molecule has 0 aliphatic carbocycles.